The highest BCUT2D eigenvalue weighted by Crippen LogP contribution is 2.33. The first kappa shape index (κ1) is 16.9. The third-order valence-electron chi connectivity index (χ3n) is 2.75. The number of hydrogen-bond donors (Lipinski definition) is 1. The van der Waals surface area contributed by atoms with E-state index < -0.39 is 0 Å². The van der Waals surface area contributed by atoms with Gasteiger partial charge in [0.15, 0.2) is 0 Å². The van der Waals surface area contributed by atoms with Crippen molar-refractivity contribution in [3.05, 3.63) is 57.0 Å². The Morgan fingerprint density at radius 2 is 1.68 bits per heavy atom. The van der Waals surface area contributed by atoms with Crippen molar-refractivity contribution in [2.45, 2.75) is 20.0 Å². The van der Waals surface area contributed by atoms with Crippen molar-refractivity contribution in [1.82, 2.24) is 0 Å². The molecule has 0 aliphatic carbocycles. The fourth-order valence-electron chi connectivity index (χ4n) is 1.82. The third-order valence-corrected chi connectivity index (χ3v) is 3.79. The Bertz CT molecular complexity index is 702. The van der Waals surface area contributed by atoms with Gasteiger partial charge >= 0.3 is 0 Å². The minimum absolute atomic E-state index is 0.0393. The Balaban J connectivity index is 2.28. The average Bonchev–Trinajstić information content (AvgIpc) is 2.44. The predicted molar refractivity (Wildman–Crippen MR) is 91.6 cm³/mol. The summed E-state index contributed by atoms with van der Waals surface area (Å²) in [5.74, 6) is 0.169. The molecule has 0 unspecified atom stereocenters. The van der Waals surface area contributed by atoms with E-state index in [0.717, 1.165) is 0 Å². The smallest absolute Gasteiger partial charge is 0.259 e. The zero-order valence-electron chi connectivity index (χ0n) is 12.0. The molecule has 0 bridgehead atoms. The predicted octanol–water partition coefficient (Wildman–Crippen LogP) is 5.69. The number of rotatable bonds is 4. The van der Waals surface area contributed by atoms with Crippen LogP contribution in [0.4, 0.5) is 5.69 Å². The summed E-state index contributed by atoms with van der Waals surface area (Å²) in [4.78, 5) is 12.4. The van der Waals surface area contributed by atoms with E-state index in [1.165, 1.54) is 12.1 Å². The van der Waals surface area contributed by atoms with E-state index in [1.807, 2.05) is 13.8 Å². The van der Waals surface area contributed by atoms with E-state index in [1.54, 1.807) is 24.3 Å². The van der Waals surface area contributed by atoms with Gasteiger partial charge in [-0.1, -0.05) is 46.9 Å². The van der Waals surface area contributed by atoms with Gasteiger partial charge in [0.2, 0.25) is 0 Å². The second-order valence-electron chi connectivity index (χ2n) is 4.86. The van der Waals surface area contributed by atoms with Crippen LogP contribution in [0.3, 0.4) is 0 Å². The molecule has 0 spiro atoms. The molecule has 0 atom stereocenters. The normalized spacial score (nSPS) is 10.6. The standard InChI is InChI=1S/C16H14Cl3NO2/c1-9(2)22-15-6-4-3-5-10(15)16(21)20-14-8-12(18)11(17)7-13(14)19/h3-9H,1-2H3,(H,20,21). The van der Waals surface area contributed by atoms with Crippen LogP contribution in [-0.2, 0) is 0 Å². The first-order chi connectivity index (χ1) is 10.4. The van der Waals surface area contributed by atoms with Gasteiger partial charge in [-0.3, -0.25) is 4.79 Å². The first-order valence-corrected chi connectivity index (χ1v) is 7.73. The fourth-order valence-corrected chi connectivity index (χ4v) is 2.41. The van der Waals surface area contributed by atoms with E-state index >= 15 is 0 Å². The molecular formula is C16H14Cl3NO2. The highest BCUT2D eigenvalue weighted by Gasteiger charge is 2.15. The van der Waals surface area contributed by atoms with Gasteiger partial charge in [-0.2, -0.15) is 0 Å². The van der Waals surface area contributed by atoms with Crippen molar-refractivity contribution in [2.75, 3.05) is 5.32 Å². The number of amides is 1. The van der Waals surface area contributed by atoms with Crippen LogP contribution in [0.15, 0.2) is 36.4 Å². The summed E-state index contributed by atoms with van der Waals surface area (Å²) in [5, 5.41) is 3.66. The summed E-state index contributed by atoms with van der Waals surface area (Å²) in [5.41, 5.74) is 0.804. The first-order valence-electron chi connectivity index (χ1n) is 6.60. The molecule has 0 saturated carbocycles. The Hall–Kier alpha value is -1.42. The molecule has 3 nitrogen and oxygen atoms in total. The monoisotopic (exact) mass is 357 g/mol. The second kappa shape index (κ2) is 7.23. The van der Waals surface area contributed by atoms with Crippen molar-refractivity contribution < 1.29 is 9.53 Å². The number of halogens is 3. The minimum atomic E-state index is -0.337. The van der Waals surface area contributed by atoms with Gasteiger partial charge in [0.1, 0.15) is 5.75 Å². The molecule has 0 saturated heterocycles. The third kappa shape index (κ3) is 4.07. The molecule has 0 fully saturated rings. The summed E-state index contributed by atoms with van der Waals surface area (Å²) < 4.78 is 5.64. The Morgan fingerprint density at radius 1 is 1.05 bits per heavy atom. The maximum atomic E-state index is 12.4. The number of carbonyl (C=O) groups excluding carboxylic acids is 1. The average molecular weight is 359 g/mol. The van der Waals surface area contributed by atoms with E-state index in [4.69, 9.17) is 39.5 Å². The molecule has 6 heteroatoms. The van der Waals surface area contributed by atoms with Gasteiger partial charge in [0.05, 0.1) is 32.4 Å². The van der Waals surface area contributed by atoms with E-state index in [2.05, 4.69) is 5.32 Å². The number of ether oxygens (including phenoxy) is 1. The minimum Gasteiger partial charge on any atom is -0.490 e. The molecule has 0 heterocycles. The zero-order chi connectivity index (χ0) is 16.3. The van der Waals surface area contributed by atoms with Crippen LogP contribution < -0.4 is 10.1 Å². The van der Waals surface area contributed by atoms with Gasteiger partial charge in [0, 0.05) is 0 Å². The number of hydrogen-bond acceptors (Lipinski definition) is 2. The maximum Gasteiger partial charge on any atom is 0.259 e. The van der Waals surface area contributed by atoms with Crippen molar-refractivity contribution in [1.29, 1.82) is 0 Å². The molecule has 0 radical (unpaired) electrons. The summed E-state index contributed by atoms with van der Waals surface area (Å²) >= 11 is 17.9. The van der Waals surface area contributed by atoms with Gasteiger partial charge in [-0.15, -0.1) is 0 Å². The van der Waals surface area contributed by atoms with Crippen molar-refractivity contribution in [3.63, 3.8) is 0 Å². The lowest BCUT2D eigenvalue weighted by Gasteiger charge is -2.14. The zero-order valence-corrected chi connectivity index (χ0v) is 14.3. The number of nitrogens with one attached hydrogen (secondary N) is 1. The number of anilines is 1. The van der Waals surface area contributed by atoms with Gasteiger partial charge in [-0.05, 0) is 38.1 Å². The fraction of sp³-hybridized carbons (Fsp3) is 0.188. The van der Waals surface area contributed by atoms with Crippen molar-refractivity contribution in [2.24, 2.45) is 0 Å². The van der Waals surface area contributed by atoms with E-state index in [-0.39, 0.29) is 12.0 Å². The van der Waals surface area contributed by atoms with Gasteiger partial charge < -0.3 is 10.1 Å². The molecule has 0 aliphatic heterocycles. The Kier molecular flexibility index (Phi) is 5.57. The molecule has 1 amide bonds. The second-order valence-corrected chi connectivity index (χ2v) is 6.08. The topological polar surface area (TPSA) is 38.3 Å². The summed E-state index contributed by atoms with van der Waals surface area (Å²) in [6.45, 7) is 3.79. The summed E-state index contributed by atoms with van der Waals surface area (Å²) in [7, 11) is 0. The Morgan fingerprint density at radius 3 is 2.36 bits per heavy atom. The van der Waals surface area contributed by atoms with Gasteiger partial charge in [0.25, 0.3) is 5.91 Å². The van der Waals surface area contributed by atoms with Crippen LogP contribution >= 0.6 is 34.8 Å². The molecule has 0 aliphatic rings. The van der Waals surface area contributed by atoms with Crippen LogP contribution in [0, 0.1) is 0 Å². The van der Waals surface area contributed by atoms with Crippen molar-refractivity contribution >= 4 is 46.4 Å². The molecule has 2 aromatic carbocycles. The highest BCUT2D eigenvalue weighted by atomic mass is 35.5. The highest BCUT2D eigenvalue weighted by molar-refractivity contribution is 6.44. The number of benzene rings is 2. The lowest BCUT2D eigenvalue weighted by atomic mass is 10.1. The molecule has 2 rings (SSSR count). The summed E-state index contributed by atoms with van der Waals surface area (Å²) in [6, 6.07) is 9.98. The quantitative estimate of drug-likeness (QED) is 0.713. The van der Waals surface area contributed by atoms with E-state index in [9.17, 15) is 4.79 Å². The number of para-hydroxylation sites is 1. The number of carbonyl (C=O) groups is 1. The molecule has 0 aromatic heterocycles. The lowest BCUT2D eigenvalue weighted by Crippen LogP contribution is -2.16. The molecule has 116 valence electrons. The van der Waals surface area contributed by atoms with Crippen LogP contribution in [0.2, 0.25) is 15.1 Å². The maximum absolute atomic E-state index is 12.4. The lowest BCUT2D eigenvalue weighted by molar-refractivity contribution is 0.102. The molecular weight excluding hydrogens is 345 g/mol. The van der Waals surface area contributed by atoms with Gasteiger partial charge in [-0.25, -0.2) is 0 Å². The molecule has 1 N–H and O–H groups in total. The summed E-state index contributed by atoms with van der Waals surface area (Å²) in [6.07, 6.45) is -0.0393. The van der Waals surface area contributed by atoms with Crippen LogP contribution in [0.5, 0.6) is 5.75 Å². The molecule has 2 aromatic rings. The van der Waals surface area contributed by atoms with Crippen LogP contribution in [-0.4, -0.2) is 12.0 Å². The Labute approximate surface area is 144 Å². The largest absolute Gasteiger partial charge is 0.490 e. The van der Waals surface area contributed by atoms with E-state index in [0.29, 0.717) is 32.1 Å². The molecule has 22 heavy (non-hydrogen) atoms. The van der Waals surface area contributed by atoms with Crippen molar-refractivity contribution in [3.8, 4) is 5.75 Å². The van der Waals surface area contributed by atoms with Crippen LogP contribution in [0.1, 0.15) is 24.2 Å². The van der Waals surface area contributed by atoms with Crippen LogP contribution in [0.25, 0.3) is 0 Å². The SMILES string of the molecule is CC(C)Oc1ccccc1C(=O)Nc1cc(Cl)c(Cl)cc1Cl.